The number of carbonyl (C=O) groups excluding carboxylic acids is 1. The molecule has 4 rings (SSSR count). The van der Waals surface area contributed by atoms with Crippen molar-refractivity contribution in [2.24, 2.45) is 5.92 Å². The summed E-state index contributed by atoms with van der Waals surface area (Å²) in [6.07, 6.45) is 4.31. The summed E-state index contributed by atoms with van der Waals surface area (Å²) in [5.41, 5.74) is 1.77. The summed E-state index contributed by atoms with van der Waals surface area (Å²) in [7, 11) is 0. The van der Waals surface area contributed by atoms with Crippen LogP contribution in [-0.4, -0.2) is 40.5 Å². The molecular weight excluding hydrogens is 332 g/mol. The molecule has 132 valence electrons. The summed E-state index contributed by atoms with van der Waals surface area (Å²) in [5, 5.41) is 22.8. The lowest BCUT2D eigenvalue weighted by Crippen LogP contribution is -2.31. The minimum Gasteiger partial charge on any atom is -0.342 e. The molecule has 0 aliphatic heterocycles. The summed E-state index contributed by atoms with van der Waals surface area (Å²) in [6.45, 7) is 4.21. The summed E-state index contributed by atoms with van der Waals surface area (Å²) >= 11 is 0. The summed E-state index contributed by atoms with van der Waals surface area (Å²) < 4.78 is 3.41. The van der Waals surface area contributed by atoms with Crippen LogP contribution in [0.5, 0.6) is 0 Å². The van der Waals surface area contributed by atoms with Gasteiger partial charge >= 0.3 is 0 Å². The fourth-order valence-electron chi connectivity index (χ4n) is 2.92. The normalized spacial score (nSPS) is 12.7. The SMILES string of the molecule is CC(C)CC(NC(=O)c1ccn2nnnc2c1)c1nnc2ccccn12. The molecule has 0 fully saturated rings. The van der Waals surface area contributed by atoms with Gasteiger partial charge in [-0.15, -0.1) is 15.3 Å². The van der Waals surface area contributed by atoms with Gasteiger partial charge in [0.15, 0.2) is 17.1 Å². The van der Waals surface area contributed by atoms with E-state index in [1.807, 2.05) is 28.8 Å². The quantitative estimate of drug-likeness (QED) is 0.587. The monoisotopic (exact) mass is 350 g/mol. The van der Waals surface area contributed by atoms with Crippen LogP contribution in [0.15, 0.2) is 42.7 Å². The van der Waals surface area contributed by atoms with E-state index in [9.17, 15) is 4.79 Å². The predicted octanol–water partition coefficient (Wildman–Crippen LogP) is 1.68. The summed E-state index contributed by atoms with van der Waals surface area (Å²) in [4.78, 5) is 12.8. The molecule has 26 heavy (non-hydrogen) atoms. The van der Waals surface area contributed by atoms with E-state index >= 15 is 0 Å². The van der Waals surface area contributed by atoms with Gasteiger partial charge < -0.3 is 5.32 Å². The van der Waals surface area contributed by atoms with Crippen molar-refractivity contribution in [2.45, 2.75) is 26.3 Å². The highest BCUT2D eigenvalue weighted by Gasteiger charge is 2.22. The Bertz CT molecular complexity index is 1070. The van der Waals surface area contributed by atoms with Gasteiger partial charge in [-0.05, 0) is 47.0 Å². The van der Waals surface area contributed by atoms with E-state index in [0.29, 0.717) is 23.0 Å². The maximum absolute atomic E-state index is 12.8. The van der Waals surface area contributed by atoms with E-state index in [4.69, 9.17) is 0 Å². The van der Waals surface area contributed by atoms with E-state index in [2.05, 4.69) is 44.9 Å². The molecule has 0 aliphatic carbocycles. The maximum atomic E-state index is 12.8. The van der Waals surface area contributed by atoms with Gasteiger partial charge in [0.2, 0.25) is 0 Å². The largest absolute Gasteiger partial charge is 0.342 e. The van der Waals surface area contributed by atoms with Crippen molar-refractivity contribution in [3.05, 3.63) is 54.1 Å². The topological polar surface area (TPSA) is 102 Å². The third kappa shape index (κ3) is 2.99. The van der Waals surface area contributed by atoms with Gasteiger partial charge in [-0.3, -0.25) is 9.20 Å². The maximum Gasteiger partial charge on any atom is 0.252 e. The Morgan fingerprint density at radius 1 is 1.12 bits per heavy atom. The molecule has 4 aromatic heterocycles. The molecule has 1 N–H and O–H groups in total. The second-order valence-corrected chi connectivity index (χ2v) is 6.54. The molecule has 0 aromatic carbocycles. The molecule has 0 saturated carbocycles. The molecule has 0 saturated heterocycles. The van der Waals surface area contributed by atoms with Crippen molar-refractivity contribution in [2.75, 3.05) is 0 Å². The molecule has 0 radical (unpaired) electrons. The number of carbonyl (C=O) groups is 1. The number of nitrogens with zero attached hydrogens (tertiary/aromatic N) is 7. The smallest absolute Gasteiger partial charge is 0.252 e. The van der Waals surface area contributed by atoms with Crippen molar-refractivity contribution < 1.29 is 4.79 Å². The van der Waals surface area contributed by atoms with E-state index in [-0.39, 0.29) is 11.9 Å². The molecule has 1 amide bonds. The summed E-state index contributed by atoms with van der Waals surface area (Å²) in [6, 6.07) is 8.80. The Morgan fingerprint density at radius 2 is 2.00 bits per heavy atom. The van der Waals surface area contributed by atoms with Crippen LogP contribution < -0.4 is 5.32 Å². The second-order valence-electron chi connectivity index (χ2n) is 6.54. The molecule has 0 bridgehead atoms. The molecule has 1 atom stereocenters. The first-order valence-electron chi connectivity index (χ1n) is 8.40. The first kappa shape index (κ1) is 16.1. The number of nitrogens with one attached hydrogen (secondary N) is 1. The van der Waals surface area contributed by atoms with Crippen LogP contribution in [0.2, 0.25) is 0 Å². The van der Waals surface area contributed by atoms with E-state index in [1.54, 1.807) is 18.3 Å². The third-order valence-corrected chi connectivity index (χ3v) is 4.12. The van der Waals surface area contributed by atoms with E-state index in [0.717, 1.165) is 12.1 Å². The van der Waals surface area contributed by atoms with Gasteiger partial charge in [0.1, 0.15) is 0 Å². The summed E-state index contributed by atoms with van der Waals surface area (Å²) in [5.74, 6) is 0.890. The number of hydrogen-bond donors (Lipinski definition) is 1. The molecule has 1 unspecified atom stereocenters. The van der Waals surface area contributed by atoms with Crippen molar-refractivity contribution >= 4 is 17.2 Å². The Morgan fingerprint density at radius 3 is 2.85 bits per heavy atom. The van der Waals surface area contributed by atoms with Crippen molar-refractivity contribution in [1.82, 2.24) is 40.0 Å². The highest BCUT2D eigenvalue weighted by atomic mass is 16.1. The molecule has 0 aliphatic rings. The Hall–Kier alpha value is -3.36. The fourth-order valence-corrected chi connectivity index (χ4v) is 2.92. The molecule has 0 spiro atoms. The first-order valence-corrected chi connectivity index (χ1v) is 8.40. The number of amides is 1. The fraction of sp³-hybridized carbons (Fsp3) is 0.294. The Kier molecular flexibility index (Phi) is 4.04. The minimum atomic E-state index is -0.257. The van der Waals surface area contributed by atoms with Gasteiger partial charge in [-0.25, -0.2) is 4.52 Å². The van der Waals surface area contributed by atoms with Gasteiger partial charge in [0.05, 0.1) is 6.04 Å². The van der Waals surface area contributed by atoms with Crippen molar-refractivity contribution in [3.8, 4) is 0 Å². The number of pyridine rings is 2. The lowest BCUT2D eigenvalue weighted by atomic mass is 10.0. The highest BCUT2D eigenvalue weighted by Crippen LogP contribution is 2.21. The molecule has 9 nitrogen and oxygen atoms in total. The van der Waals surface area contributed by atoms with Crippen molar-refractivity contribution in [1.29, 1.82) is 0 Å². The zero-order valence-electron chi connectivity index (χ0n) is 14.4. The number of fused-ring (bicyclic) bond motifs is 2. The Balaban J connectivity index is 1.65. The van der Waals surface area contributed by atoms with Crippen LogP contribution in [-0.2, 0) is 0 Å². The lowest BCUT2D eigenvalue weighted by Gasteiger charge is -2.19. The number of rotatable bonds is 5. The van der Waals surface area contributed by atoms with Crippen LogP contribution in [0.25, 0.3) is 11.3 Å². The average Bonchev–Trinajstić information content (AvgIpc) is 3.26. The first-order chi connectivity index (χ1) is 12.6. The average molecular weight is 350 g/mol. The van der Waals surface area contributed by atoms with Crippen LogP contribution in [0, 0.1) is 5.92 Å². The number of tetrazole rings is 1. The van der Waals surface area contributed by atoms with Gasteiger partial charge in [0, 0.05) is 18.0 Å². The van der Waals surface area contributed by atoms with Crippen LogP contribution >= 0.6 is 0 Å². The van der Waals surface area contributed by atoms with Crippen molar-refractivity contribution in [3.63, 3.8) is 0 Å². The molecule has 4 aromatic rings. The number of hydrogen-bond acceptors (Lipinski definition) is 6. The van der Waals surface area contributed by atoms with Gasteiger partial charge in [-0.2, -0.15) is 0 Å². The number of aromatic nitrogens is 7. The van der Waals surface area contributed by atoms with Crippen LogP contribution in [0.1, 0.15) is 42.5 Å². The molecular formula is C17H18N8O. The van der Waals surface area contributed by atoms with E-state index in [1.165, 1.54) is 4.52 Å². The van der Waals surface area contributed by atoms with Gasteiger partial charge in [0.25, 0.3) is 5.91 Å². The predicted molar refractivity (Wildman–Crippen MR) is 93.4 cm³/mol. The molecule has 9 heteroatoms. The minimum absolute atomic E-state index is 0.200. The van der Waals surface area contributed by atoms with E-state index < -0.39 is 0 Å². The van der Waals surface area contributed by atoms with Crippen LogP contribution in [0.3, 0.4) is 0 Å². The molecule has 4 heterocycles. The zero-order valence-corrected chi connectivity index (χ0v) is 14.4. The standard InChI is InChI=1S/C17H18N8O/c1-11(2)9-13(16-21-19-14-5-3-4-7-24(14)16)18-17(26)12-6-8-25-15(10-12)20-22-23-25/h3-8,10-11,13H,9H2,1-2H3,(H,18,26). The van der Waals surface area contributed by atoms with Crippen LogP contribution in [0.4, 0.5) is 0 Å². The second kappa shape index (κ2) is 6.51. The highest BCUT2D eigenvalue weighted by molar-refractivity contribution is 5.95. The Labute approximate surface area is 149 Å². The van der Waals surface area contributed by atoms with Gasteiger partial charge in [-0.1, -0.05) is 19.9 Å². The lowest BCUT2D eigenvalue weighted by molar-refractivity contribution is 0.0929. The third-order valence-electron chi connectivity index (χ3n) is 4.12. The zero-order chi connectivity index (χ0) is 18.1.